The van der Waals surface area contributed by atoms with Gasteiger partial charge in [0.1, 0.15) is 42.2 Å². The SMILES string of the molecule is C[C@H]1C[C@@H](OCc2cn(CC3O[C@@H](n4cc5c(nc4=O)Nc4c(OCCN)cccc4O5)C[C@H]3O)nn2)C(CO)O1. The van der Waals surface area contributed by atoms with Gasteiger partial charge in [0.05, 0.1) is 50.5 Å². The molecule has 15 heteroatoms. The lowest BCUT2D eigenvalue weighted by Crippen LogP contribution is -2.29. The number of fused-ring (bicyclic) bond motifs is 2. The van der Waals surface area contributed by atoms with Crippen molar-refractivity contribution in [2.75, 3.05) is 25.1 Å². The van der Waals surface area contributed by atoms with Crippen molar-refractivity contribution >= 4 is 11.5 Å². The van der Waals surface area contributed by atoms with E-state index in [1.54, 1.807) is 29.1 Å². The first-order chi connectivity index (χ1) is 19.9. The maximum atomic E-state index is 12.9. The molecule has 3 aliphatic heterocycles. The number of nitrogens with two attached hydrogens (primary N) is 1. The van der Waals surface area contributed by atoms with Gasteiger partial charge in [-0.05, 0) is 19.1 Å². The molecule has 3 aliphatic rings. The molecule has 3 aromatic rings. The van der Waals surface area contributed by atoms with Crippen molar-refractivity contribution in [1.82, 2.24) is 24.5 Å². The zero-order valence-electron chi connectivity index (χ0n) is 22.5. The highest BCUT2D eigenvalue weighted by atomic mass is 16.6. The maximum Gasteiger partial charge on any atom is 0.351 e. The summed E-state index contributed by atoms with van der Waals surface area (Å²) in [6, 6.07) is 5.33. The van der Waals surface area contributed by atoms with Crippen LogP contribution in [0.4, 0.5) is 11.5 Å². The average Bonchev–Trinajstić information content (AvgIpc) is 3.67. The Morgan fingerprint density at radius 3 is 2.90 bits per heavy atom. The highest BCUT2D eigenvalue weighted by molar-refractivity contribution is 5.77. The van der Waals surface area contributed by atoms with Gasteiger partial charge in [-0.25, -0.2) is 9.48 Å². The third-order valence-corrected chi connectivity index (χ3v) is 7.22. The summed E-state index contributed by atoms with van der Waals surface area (Å²) < 4.78 is 32.1. The number of aliphatic hydroxyl groups excluding tert-OH is 2. The first-order valence-electron chi connectivity index (χ1n) is 13.6. The highest BCUT2D eigenvalue weighted by Crippen LogP contribution is 2.45. The number of aromatic nitrogens is 5. The minimum absolute atomic E-state index is 0.0205. The van der Waals surface area contributed by atoms with Gasteiger partial charge in [0.25, 0.3) is 0 Å². The topological polar surface area (TPSA) is 190 Å². The van der Waals surface area contributed by atoms with E-state index in [9.17, 15) is 15.0 Å². The Labute approximate surface area is 234 Å². The first kappa shape index (κ1) is 27.6. The normalized spacial score (nSPS) is 26.7. The second kappa shape index (κ2) is 11.7. The van der Waals surface area contributed by atoms with Crippen molar-refractivity contribution in [3.8, 4) is 17.2 Å². The average molecular weight is 572 g/mol. The van der Waals surface area contributed by atoms with Crippen LogP contribution in [0.1, 0.15) is 31.7 Å². The maximum absolute atomic E-state index is 12.9. The summed E-state index contributed by atoms with van der Waals surface area (Å²) in [4.78, 5) is 17.1. The zero-order chi connectivity index (χ0) is 28.5. The standard InChI is InChI=1S/C26H33N7O8/c1-14-7-19(22(12-34)39-14)38-13-15-9-32(31-30-15)10-20-16(35)8-23(41-20)33-11-21-25(29-26(33)36)28-24-17(37-6-5-27)3-2-4-18(24)40-21/h2-4,9,11,14,16,19-20,22-23,34-35H,5-8,10,12-13,27H2,1H3,(H,28,29,36)/t14-,16+,19+,20?,22?,23+/m0/s1. The molecule has 5 N–H and O–H groups in total. The summed E-state index contributed by atoms with van der Waals surface area (Å²) in [6.45, 7) is 2.94. The summed E-state index contributed by atoms with van der Waals surface area (Å²) in [5.74, 6) is 1.63. The number of aliphatic hydroxyl groups is 2. The van der Waals surface area contributed by atoms with Crippen LogP contribution in [0.2, 0.25) is 0 Å². The van der Waals surface area contributed by atoms with E-state index in [4.69, 9.17) is 29.4 Å². The summed E-state index contributed by atoms with van der Waals surface area (Å²) in [5.41, 5.74) is 6.14. The fourth-order valence-corrected chi connectivity index (χ4v) is 5.24. The molecule has 0 aliphatic carbocycles. The Morgan fingerprint density at radius 1 is 1.20 bits per heavy atom. The smallest absolute Gasteiger partial charge is 0.351 e. The van der Waals surface area contributed by atoms with Crippen molar-refractivity contribution in [2.45, 2.75) is 69.7 Å². The van der Waals surface area contributed by atoms with Gasteiger partial charge in [0.15, 0.2) is 17.3 Å². The molecule has 1 aromatic carbocycles. The van der Waals surface area contributed by atoms with Gasteiger partial charge in [-0.15, -0.1) is 5.10 Å². The van der Waals surface area contributed by atoms with Crippen LogP contribution in [0.25, 0.3) is 0 Å². The molecule has 0 amide bonds. The fraction of sp³-hybridized carbons (Fsp3) is 0.538. The molecule has 41 heavy (non-hydrogen) atoms. The number of para-hydroxylation sites is 1. The molecule has 15 nitrogen and oxygen atoms in total. The van der Waals surface area contributed by atoms with E-state index in [0.29, 0.717) is 48.2 Å². The lowest BCUT2D eigenvalue weighted by Gasteiger charge is -2.24. The van der Waals surface area contributed by atoms with Crippen molar-refractivity contribution in [1.29, 1.82) is 0 Å². The summed E-state index contributed by atoms with van der Waals surface area (Å²) >= 11 is 0. The number of nitrogens with zero attached hydrogens (tertiary/aromatic N) is 5. The molecule has 2 aromatic heterocycles. The van der Waals surface area contributed by atoms with Crippen molar-refractivity contribution < 1.29 is 33.9 Å². The molecule has 0 spiro atoms. The predicted molar refractivity (Wildman–Crippen MR) is 142 cm³/mol. The Morgan fingerprint density at radius 2 is 2.07 bits per heavy atom. The van der Waals surface area contributed by atoms with Gasteiger partial charge in [-0.1, -0.05) is 11.3 Å². The van der Waals surface area contributed by atoms with Gasteiger partial charge in [-0.2, -0.15) is 4.98 Å². The van der Waals surface area contributed by atoms with E-state index in [0.717, 1.165) is 0 Å². The van der Waals surface area contributed by atoms with Crippen molar-refractivity contribution in [2.24, 2.45) is 5.73 Å². The molecule has 6 atom stereocenters. The third-order valence-electron chi connectivity index (χ3n) is 7.22. The molecule has 6 rings (SSSR count). The van der Waals surface area contributed by atoms with Gasteiger partial charge >= 0.3 is 5.69 Å². The quantitative estimate of drug-likeness (QED) is 0.205. The summed E-state index contributed by atoms with van der Waals surface area (Å²) in [7, 11) is 0. The van der Waals surface area contributed by atoms with E-state index in [1.165, 1.54) is 10.8 Å². The molecule has 2 saturated heterocycles. The number of hydrogen-bond donors (Lipinski definition) is 4. The van der Waals surface area contributed by atoms with Crippen LogP contribution in [0.15, 0.2) is 35.4 Å². The lowest BCUT2D eigenvalue weighted by molar-refractivity contribution is -0.0501. The highest BCUT2D eigenvalue weighted by Gasteiger charge is 2.37. The van der Waals surface area contributed by atoms with Gasteiger partial charge in [-0.3, -0.25) is 4.57 Å². The molecule has 2 unspecified atom stereocenters. The molecule has 0 radical (unpaired) electrons. The zero-order valence-corrected chi connectivity index (χ0v) is 22.5. The number of anilines is 2. The number of hydrogen-bond acceptors (Lipinski definition) is 13. The van der Waals surface area contributed by atoms with Crippen LogP contribution in [-0.2, 0) is 27.4 Å². The molecular formula is C26H33N7O8. The second-order valence-corrected chi connectivity index (χ2v) is 10.3. The van der Waals surface area contributed by atoms with Crippen LogP contribution in [-0.4, -0.2) is 85.0 Å². The van der Waals surface area contributed by atoms with Gasteiger partial charge in [0, 0.05) is 19.4 Å². The van der Waals surface area contributed by atoms with Crippen LogP contribution >= 0.6 is 0 Å². The van der Waals surface area contributed by atoms with Crippen molar-refractivity contribution in [3.63, 3.8) is 0 Å². The Hall–Kier alpha value is -3.60. The summed E-state index contributed by atoms with van der Waals surface area (Å²) in [5, 5.41) is 31.6. The first-order valence-corrected chi connectivity index (χ1v) is 13.6. The molecular weight excluding hydrogens is 538 g/mol. The second-order valence-electron chi connectivity index (χ2n) is 10.3. The number of rotatable bonds is 10. The van der Waals surface area contributed by atoms with Gasteiger partial charge < -0.3 is 44.9 Å². The van der Waals surface area contributed by atoms with E-state index in [2.05, 4.69) is 20.6 Å². The number of benzene rings is 1. The monoisotopic (exact) mass is 571 g/mol. The van der Waals surface area contributed by atoms with Crippen molar-refractivity contribution in [3.05, 3.63) is 46.8 Å². The summed E-state index contributed by atoms with van der Waals surface area (Å²) in [6.07, 6.45) is 1.31. The largest absolute Gasteiger partial charge is 0.490 e. The lowest BCUT2D eigenvalue weighted by atomic mass is 10.1. The van der Waals surface area contributed by atoms with Gasteiger partial charge in [0.2, 0.25) is 0 Å². The van der Waals surface area contributed by atoms with Crippen LogP contribution in [0, 0.1) is 0 Å². The molecule has 2 fully saturated rings. The van der Waals surface area contributed by atoms with Crippen LogP contribution in [0.3, 0.4) is 0 Å². The van der Waals surface area contributed by atoms with E-state index < -0.39 is 24.1 Å². The number of ether oxygens (including phenoxy) is 5. The Balaban J connectivity index is 1.09. The minimum Gasteiger partial charge on any atom is -0.490 e. The Kier molecular flexibility index (Phi) is 7.88. The number of nitrogens with one attached hydrogen (secondary N) is 1. The third kappa shape index (κ3) is 5.77. The van der Waals surface area contributed by atoms with Crippen LogP contribution in [0.5, 0.6) is 17.2 Å². The van der Waals surface area contributed by atoms with Crippen LogP contribution < -0.4 is 26.2 Å². The Bertz CT molecular complexity index is 1430. The molecule has 220 valence electrons. The minimum atomic E-state index is -0.851. The predicted octanol–water partition coefficient (Wildman–Crippen LogP) is 0.425. The van der Waals surface area contributed by atoms with E-state index in [-0.39, 0.29) is 50.3 Å². The van der Waals surface area contributed by atoms with E-state index in [1.807, 2.05) is 6.92 Å². The van der Waals surface area contributed by atoms with E-state index >= 15 is 0 Å². The fourth-order valence-electron chi connectivity index (χ4n) is 5.24. The molecule has 0 bridgehead atoms. The molecule has 0 saturated carbocycles. The molecule has 5 heterocycles.